The minimum atomic E-state index is -3.84. The fraction of sp³-hybridized carbons (Fsp3) is 0.321. The van der Waals surface area contributed by atoms with E-state index in [0.29, 0.717) is 28.1 Å². The van der Waals surface area contributed by atoms with Gasteiger partial charge >= 0.3 is 0 Å². The zero-order valence-electron chi connectivity index (χ0n) is 21.3. The van der Waals surface area contributed by atoms with E-state index in [1.54, 1.807) is 19.2 Å². The van der Waals surface area contributed by atoms with E-state index in [4.69, 9.17) is 5.73 Å². The molecule has 11 heteroatoms. The number of aryl methyl sites for hydroxylation is 1. The molecule has 2 aromatic carbocycles. The minimum Gasteiger partial charge on any atom is -0.351 e. The molecule has 39 heavy (non-hydrogen) atoms. The Morgan fingerprint density at radius 1 is 0.949 bits per heavy atom. The summed E-state index contributed by atoms with van der Waals surface area (Å²) in [6.07, 6.45) is 5.30. The highest BCUT2D eigenvalue weighted by Gasteiger charge is 2.21. The van der Waals surface area contributed by atoms with Crippen LogP contribution in [0.3, 0.4) is 0 Å². The van der Waals surface area contributed by atoms with Crippen molar-refractivity contribution in [1.82, 2.24) is 15.0 Å². The Labute approximate surface area is 224 Å². The van der Waals surface area contributed by atoms with Gasteiger partial charge in [0.25, 0.3) is 0 Å². The number of hydrogen-bond donors (Lipinski definition) is 2. The van der Waals surface area contributed by atoms with Gasteiger partial charge in [-0.05, 0) is 74.1 Å². The molecule has 0 atom stereocenters. The number of benzene rings is 2. The van der Waals surface area contributed by atoms with Crippen LogP contribution in [0.5, 0.6) is 0 Å². The largest absolute Gasteiger partial charge is 0.351 e. The monoisotopic (exact) mass is 555 g/mol. The number of sulfone groups is 1. The normalized spacial score (nSPS) is 17.9. The van der Waals surface area contributed by atoms with Gasteiger partial charge in [0.2, 0.25) is 5.95 Å². The predicted octanol–water partition coefficient (Wildman–Crippen LogP) is 5.21. The molecule has 3 N–H and O–H groups in total. The van der Waals surface area contributed by atoms with Gasteiger partial charge in [-0.2, -0.15) is 0 Å². The number of fused-ring (bicyclic) bond motifs is 1. The van der Waals surface area contributed by atoms with Crippen molar-refractivity contribution in [2.24, 2.45) is 5.73 Å². The summed E-state index contributed by atoms with van der Waals surface area (Å²) in [4.78, 5) is 13.4. The van der Waals surface area contributed by atoms with Crippen LogP contribution >= 0.6 is 0 Å². The van der Waals surface area contributed by atoms with Crippen molar-refractivity contribution in [3.63, 3.8) is 0 Å². The topological polar surface area (TPSA) is 111 Å². The number of halogens is 3. The van der Waals surface area contributed by atoms with Gasteiger partial charge in [0.05, 0.1) is 28.9 Å². The molecule has 204 valence electrons. The van der Waals surface area contributed by atoms with Gasteiger partial charge in [-0.15, -0.1) is 0 Å². The fourth-order valence-corrected chi connectivity index (χ4v) is 6.35. The molecule has 0 unspecified atom stereocenters. The maximum absolute atomic E-state index is 15.2. The van der Waals surface area contributed by atoms with E-state index < -0.39 is 38.8 Å². The van der Waals surface area contributed by atoms with E-state index in [0.717, 1.165) is 49.9 Å². The molecule has 0 bridgehead atoms. The molecular formula is C28H28F3N5O2S. The molecule has 0 saturated heterocycles. The number of nitrogens with zero attached hydrogens (tertiary/aromatic N) is 3. The standard InChI is InChI=1S/C28H28F3N5O2S/c1-16-10-25(35-26-13-33-28(36-27(16)26)34-21-8-6-20(32)7-9-21)22-12-23(30)18(11-24(22)31)15-39(37,38)14-17-2-4-19(29)5-3-17/h2-5,10-13,20-21H,6-9,14-15,32H2,1H3,(H,33,34,36). The first-order valence-corrected chi connectivity index (χ1v) is 14.5. The van der Waals surface area contributed by atoms with Crippen molar-refractivity contribution in [2.45, 2.75) is 56.2 Å². The third kappa shape index (κ3) is 6.36. The van der Waals surface area contributed by atoms with Crippen LogP contribution < -0.4 is 11.1 Å². The highest BCUT2D eigenvalue weighted by atomic mass is 32.2. The summed E-state index contributed by atoms with van der Waals surface area (Å²) in [6.45, 7) is 1.80. The molecule has 1 fully saturated rings. The van der Waals surface area contributed by atoms with E-state index in [9.17, 15) is 12.8 Å². The summed E-state index contributed by atoms with van der Waals surface area (Å²) in [6, 6.07) is 8.90. The molecule has 7 nitrogen and oxygen atoms in total. The lowest BCUT2D eigenvalue weighted by atomic mass is 9.92. The molecular weight excluding hydrogens is 527 g/mol. The number of hydrogen-bond acceptors (Lipinski definition) is 7. The first kappa shape index (κ1) is 27.0. The van der Waals surface area contributed by atoms with Gasteiger partial charge in [0.15, 0.2) is 9.84 Å². The molecule has 1 aliphatic rings. The van der Waals surface area contributed by atoms with Gasteiger partial charge < -0.3 is 11.1 Å². The van der Waals surface area contributed by atoms with E-state index in [1.807, 2.05) is 0 Å². The maximum atomic E-state index is 15.2. The molecule has 5 rings (SSSR count). The molecule has 2 heterocycles. The Morgan fingerprint density at radius 2 is 1.67 bits per heavy atom. The van der Waals surface area contributed by atoms with Gasteiger partial charge in [-0.3, -0.25) is 0 Å². The second kappa shape index (κ2) is 10.9. The highest BCUT2D eigenvalue weighted by molar-refractivity contribution is 7.89. The minimum absolute atomic E-state index is 0.0991. The SMILES string of the molecule is Cc1cc(-c2cc(F)c(CS(=O)(=O)Cc3ccc(F)cc3)cc2F)nc2cnc(NC3CCC(N)CC3)nc12. The van der Waals surface area contributed by atoms with E-state index in [1.165, 1.54) is 12.1 Å². The van der Waals surface area contributed by atoms with Crippen LogP contribution in [0.2, 0.25) is 0 Å². The number of aromatic nitrogens is 3. The van der Waals surface area contributed by atoms with Gasteiger partial charge in [-0.25, -0.2) is 36.5 Å². The van der Waals surface area contributed by atoms with Crippen molar-refractivity contribution >= 4 is 26.8 Å². The second-order valence-electron chi connectivity index (χ2n) is 10.1. The third-order valence-corrected chi connectivity index (χ3v) is 8.45. The molecule has 0 radical (unpaired) electrons. The molecule has 0 aliphatic heterocycles. The maximum Gasteiger partial charge on any atom is 0.223 e. The summed E-state index contributed by atoms with van der Waals surface area (Å²) >= 11 is 0. The molecule has 2 aromatic heterocycles. The Morgan fingerprint density at radius 3 is 2.38 bits per heavy atom. The zero-order chi connectivity index (χ0) is 27.7. The van der Waals surface area contributed by atoms with Crippen LogP contribution in [0.1, 0.15) is 42.4 Å². The Balaban J connectivity index is 1.37. The van der Waals surface area contributed by atoms with Crippen LogP contribution in [-0.2, 0) is 21.3 Å². The van der Waals surface area contributed by atoms with Crippen molar-refractivity contribution in [3.8, 4) is 11.3 Å². The lowest BCUT2D eigenvalue weighted by Crippen LogP contribution is -2.33. The molecule has 1 saturated carbocycles. The summed E-state index contributed by atoms with van der Waals surface area (Å²) in [7, 11) is -3.84. The van der Waals surface area contributed by atoms with Crippen LogP contribution in [0.4, 0.5) is 19.1 Å². The summed E-state index contributed by atoms with van der Waals surface area (Å²) in [5.41, 5.74) is 7.84. The highest BCUT2D eigenvalue weighted by Crippen LogP contribution is 2.29. The second-order valence-corrected chi connectivity index (χ2v) is 12.2. The smallest absolute Gasteiger partial charge is 0.223 e. The Bertz CT molecular complexity index is 1620. The average Bonchev–Trinajstić information content (AvgIpc) is 2.89. The number of nitrogens with one attached hydrogen (secondary N) is 1. The van der Waals surface area contributed by atoms with Crippen LogP contribution in [0, 0.1) is 24.4 Å². The first-order chi connectivity index (χ1) is 18.6. The fourth-order valence-electron chi connectivity index (χ4n) is 4.85. The van der Waals surface area contributed by atoms with Crippen LogP contribution in [0.25, 0.3) is 22.3 Å². The van der Waals surface area contributed by atoms with Crippen LogP contribution in [-0.4, -0.2) is 35.5 Å². The molecule has 0 amide bonds. The lowest BCUT2D eigenvalue weighted by molar-refractivity contribution is 0.410. The summed E-state index contributed by atoms with van der Waals surface area (Å²) in [5.74, 6) is -2.81. The summed E-state index contributed by atoms with van der Waals surface area (Å²) in [5, 5.41) is 3.35. The zero-order valence-corrected chi connectivity index (χ0v) is 22.1. The van der Waals surface area contributed by atoms with Crippen molar-refractivity contribution in [1.29, 1.82) is 0 Å². The Hall–Kier alpha value is -3.57. The van der Waals surface area contributed by atoms with Gasteiger partial charge in [0, 0.05) is 23.2 Å². The number of anilines is 1. The average molecular weight is 556 g/mol. The molecule has 4 aromatic rings. The predicted molar refractivity (Wildman–Crippen MR) is 144 cm³/mol. The van der Waals surface area contributed by atoms with Crippen molar-refractivity contribution in [2.75, 3.05) is 5.32 Å². The van der Waals surface area contributed by atoms with E-state index in [2.05, 4.69) is 20.3 Å². The third-order valence-electron chi connectivity index (χ3n) is 6.93. The molecule has 0 spiro atoms. The van der Waals surface area contributed by atoms with E-state index in [-0.39, 0.29) is 28.9 Å². The number of pyridine rings is 1. The first-order valence-electron chi connectivity index (χ1n) is 12.7. The lowest BCUT2D eigenvalue weighted by Gasteiger charge is -2.26. The van der Waals surface area contributed by atoms with Crippen molar-refractivity contribution in [3.05, 3.63) is 82.8 Å². The quantitative estimate of drug-likeness (QED) is 0.322. The van der Waals surface area contributed by atoms with Gasteiger partial charge in [-0.1, -0.05) is 12.1 Å². The van der Waals surface area contributed by atoms with Crippen molar-refractivity contribution < 1.29 is 21.6 Å². The summed E-state index contributed by atoms with van der Waals surface area (Å²) < 4.78 is 68.5. The van der Waals surface area contributed by atoms with E-state index >= 15 is 8.78 Å². The van der Waals surface area contributed by atoms with Crippen LogP contribution in [0.15, 0.2) is 48.7 Å². The molecule has 1 aliphatic carbocycles. The number of rotatable bonds is 7. The van der Waals surface area contributed by atoms with Gasteiger partial charge in [0.1, 0.15) is 23.0 Å². The Kier molecular flexibility index (Phi) is 7.55. The number of nitrogens with two attached hydrogens (primary N) is 1.